The average Bonchev–Trinajstić information content (AvgIpc) is 2.79. The molecule has 0 bridgehead atoms. The Morgan fingerprint density at radius 1 is 0.913 bits per heavy atom. The number of hydrogen-bond donors (Lipinski definition) is 1. The number of hydrogen-bond acceptors (Lipinski definition) is 2. The Morgan fingerprint density at radius 2 is 1.48 bits per heavy atom. The fourth-order valence-electron chi connectivity index (χ4n) is 2.87. The maximum absolute atomic E-state index is 12.7. The molecule has 0 aliphatic carbocycles. The first-order valence-corrected chi connectivity index (χ1v) is 7.80. The summed E-state index contributed by atoms with van der Waals surface area (Å²) in [6, 6.07) is 19.2. The summed E-state index contributed by atoms with van der Waals surface area (Å²) < 4.78 is 0. The van der Waals surface area contributed by atoms with Crippen molar-refractivity contribution in [1.82, 2.24) is 10.2 Å². The van der Waals surface area contributed by atoms with Crippen LogP contribution >= 0.6 is 0 Å². The average molecular weight is 308 g/mol. The van der Waals surface area contributed by atoms with Crippen LogP contribution in [0.4, 0.5) is 4.79 Å². The molecule has 23 heavy (non-hydrogen) atoms. The predicted molar refractivity (Wildman–Crippen MR) is 88.7 cm³/mol. The number of carbonyl (C=O) groups is 2. The first kappa shape index (κ1) is 15.3. The highest BCUT2D eigenvalue weighted by atomic mass is 16.2. The first-order valence-electron chi connectivity index (χ1n) is 7.80. The third kappa shape index (κ3) is 3.26. The maximum Gasteiger partial charge on any atom is 0.325 e. The molecule has 0 aromatic heterocycles. The van der Waals surface area contributed by atoms with Crippen LogP contribution in [-0.2, 0) is 17.8 Å². The molecule has 3 amide bonds. The molecule has 4 heteroatoms. The molecule has 2 aromatic rings. The highest BCUT2D eigenvalue weighted by Crippen LogP contribution is 2.24. The fourth-order valence-corrected chi connectivity index (χ4v) is 2.87. The number of amides is 3. The van der Waals surface area contributed by atoms with Gasteiger partial charge in [-0.05, 0) is 30.9 Å². The zero-order chi connectivity index (χ0) is 16.3. The number of imide groups is 1. The van der Waals surface area contributed by atoms with Gasteiger partial charge in [-0.2, -0.15) is 0 Å². The van der Waals surface area contributed by atoms with Crippen molar-refractivity contribution in [2.75, 3.05) is 0 Å². The van der Waals surface area contributed by atoms with Gasteiger partial charge in [-0.25, -0.2) is 4.79 Å². The van der Waals surface area contributed by atoms with E-state index in [1.54, 1.807) is 6.92 Å². The SMILES string of the molecule is C[C@]1(CCc2ccccc2)NC(=O)N(Cc2ccccc2)C1=O. The van der Waals surface area contributed by atoms with E-state index in [0.717, 1.165) is 17.5 Å². The molecule has 1 aliphatic heterocycles. The van der Waals surface area contributed by atoms with Gasteiger partial charge in [-0.3, -0.25) is 9.69 Å². The second kappa shape index (κ2) is 6.24. The molecule has 1 atom stereocenters. The van der Waals surface area contributed by atoms with E-state index in [9.17, 15) is 9.59 Å². The van der Waals surface area contributed by atoms with Crippen LogP contribution in [0.3, 0.4) is 0 Å². The Morgan fingerprint density at radius 3 is 2.09 bits per heavy atom. The van der Waals surface area contributed by atoms with Crippen LogP contribution in [0.1, 0.15) is 24.5 Å². The lowest BCUT2D eigenvalue weighted by atomic mass is 9.93. The zero-order valence-corrected chi connectivity index (χ0v) is 13.2. The number of urea groups is 1. The third-order valence-electron chi connectivity index (χ3n) is 4.29. The van der Waals surface area contributed by atoms with Crippen molar-refractivity contribution in [3.63, 3.8) is 0 Å². The standard InChI is InChI=1S/C19H20N2O2/c1-19(13-12-15-8-4-2-5-9-15)17(22)21(18(23)20-19)14-16-10-6-3-7-11-16/h2-11H,12-14H2,1H3,(H,20,23)/t19-/m1/s1. The Labute approximate surface area is 136 Å². The summed E-state index contributed by atoms with van der Waals surface area (Å²) >= 11 is 0. The van der Waals surface area contributed by atoms with E-state index in [1.807, 2.05) is 60.7 Å². The highest BCUT2D eigenvalue weighted by molar-refractivity contribution is 6.06. The molecule has 1 N–H and O–H groups in total. The molecule has 2 aromatic carbocycles. The van der Waals surface area contributed by atoms with Gasteiger partial charge in [0.2, 0.25) is 0 Å². The van der Waals surface area contributed by atoms with E-state index < -0.39 is 5.54 Å². The van der Waals surface area contributed by atoms with E-state index >= 15 is 0 Å². The summed E-state index contributed by atoms with van der Waals surface area (Å²) in [7, 11) is 0. The van der Waals surface area contributed by atoms with Gasteiger partial charge in [0.25, 0.3) is 5.91 Å². The normalized spacial score (nSPS) is 20.7. The Balaban J connectivity index is 1.69. The number of carbonyl (C=O) groups excluding carboxylic acids is 2. The van der Waals surface area contributed by atoms with Crippen LogP contribution in [0, 0.1) is 0 Å². The lowest BCUT2D eigenvalue weighted by Crippen LogP contribution is -2.44. The molecular formula is C19H20N2O2. The number of aryl methyl sites for hydroxylation is 1. The Kier molecular flexibility index (Phi) is 4.15. The van der Waals surface area contributed by atoms with Gasteiger partial charge in [-0.1, -0.05) is 60.7 Å². The van der Waals surface area contributed by atoms with Crippen LogP contribution in [-0.4, -0.2) is 22.4 Å². The number of rotatable bonds is 5. The van der Waals surface area contributed by atoms with Crippen LogP contribution in [0.2, 0.25) is 0 Å². The second-order valence-corrected chi connectivity index (χ2v) is 6.12. The molecule has 0 unspecified atom stereocenters. The van der Waals surface area contributed by atoms with Gasteiger partial charge in [0.15, 0.2) is 0 Å². The van der Waals surface area contributed by atoms with Gasteiger partial charge in [-0.15, -0.1) is 0 Å². The Hall–Kier alpha value is -2.62. The van der Waals surface area contributed by atoms with Crippen molar-refractivity contribution in [3.05, 3.63) is 71.8 Å². The summed E-state index contributed by atoms with van der Waals surface area (Å²) in [5.41, 5.74) is 1.28. The fraction of sp³-hybridized carbons (Fsp3) is 0.263. The van der Waals surface area contributed by atoms with Crippen LogP contribution in [0.15, 0.2) is 60.7 Å². The minimum atomic E-state index is -0.832. The molecule has 0 spiro atoms. The van der Waals surface area contributed by atoms with Gasteiger partial charge in [0.05, 0.1) is 6.54 Å². The van der Waals surface area contributed by atoms with Crippen LogP contribution in [0.5, 0.6) is 0 Å². The van der Waals surface area contributed by atoms with Gasteiger partial charge < -0.3 is 5.32 Å². The van der Waals surface area contributed by atoms with Crippen molar-refractivity contribution in [1.29, 1.82) is 0 Å². The molecule has 4 nitrogen and oxygen atoms in total. The minimum Gasteiger partial charge on any atom is -0.323 e. The summed E-state index contributed by atoms with van der Waals surface area (Å²) in [6.07, 6.45) is 1.34. The molecule has 118 valence electrons. The van der Waals surface area contributed by atoms with Gasteiger partial charge in [0, 0.05) is 0 Å². The minimum absolute atomic E-state index is 0.151. The highest BCUT2D eigenvalue weighted by Gasteiger charge is 2.47. The second-order valence-electron chi connectivity index (χ2n) is 6.12. The summed E-state index contributed by atoms with van der Waals surface area (Å²) in [5, 5.41) is 2.86. The predicted octanol–water partition coefficient (Wildman–Crippen LogP) is 3.13. The summed E-state index contributed by atoms with van der Waals surface area (Å²) in [4.78, 5) is 26.2. The molecule has 1 saturated heterocycles. The van der Waals surface area contributed by atoms with E-state index in [4.69, 9.17) is 0 Å². The zero-order valence-electron chi connectivity index (χ0n) is 13.2. The van der Waals surface area contributed by atoms with E-state index in [2.05, 4.69) is 5.32 Å². The van der Waals surface area contributed by atoms with Crippen molar-refractivity contribution >= 4 is 11.9 Å². The maximum atomic E-state index is 12.7. The molecule has 0 radical (unpaired) electrons. The monoisotopic (exact) mass is 308 g/mol. The largest absolute Gasteiger partial charge is 0.325 e. The quantitative estimate of drug-likeness (QED) is 0.863. The topological polar surface area (TPSA) is 49.4 Å². The molecule has 1 fully saturated rings. The number of nitrogens with zero attached hydrogens (tertiary/aromatic N) is 1. The van der Waals surface area contributed by atoms with E-state index in [1.165, 1.54) is 4.90 Å². The lowest BCUT2D eigenvalue weighted by molar-refractivity contribution is -0.131. The summed E-state index contributed by atoms with van der Waals surface area (Å²) in [5.74, 6) is -0.151. The lowest BCUT2D eigenvalue weighted by Gasteiger charge is -2.21. The summed E-state index contributed by atoms with van der Waals surface area (Å²) in [6.45, 7) is 2.12. The number of nitrogens with one attached hydrogen (secondary N) is 1. The Bertz CT molecular complexity index is 700. The van der Waals surface area contributed by atoms with Crippen molar-refractivity contribution in [2.45, 2.75) is 31.8 Å². The molecule has 1 heterocycles. The van der Waals surface area contributed by atoms with E-state index in [-0.39, 0.29) is 11.9 Å². The van der Waals surface area contributed by atoms with Crippen molar-refractivity contribution in [2.24, 2.45) is 0 Å². The third-order valence-corrected chi connectivity index (χ3v) is 4.29. The van der Waals surface area contributed by atoms with Gasteiger partial charge >= 0.3 is 6.03 Å². The molecule has 3 rings (SSSR count). The molecular weight excluding hydrogens is 288 g/mol. The first-order chi connectivity index (χ1) is 11.1. The van der Waals surface area contributed by atoms with Crippen molar-refractivity contribution in [3.8, 4) is 0 Å². The smallest absolute Gasteiger partial charge is 0.323 e. The molecule has 0 saturated carbocycles. The van der Waals surface area contributed by atoms with E-state index in [0.29, 0.717) is 13.0 Å². The van der Waals surface area contributed by atoms with Crippen molar-refractivity contribution < 1.29 is 9.59 Å². The molecule has 1 aliphatic rings. The number of benzene rings is 2. The van der Waals surface area contributed by atoms with Gasteiger partial charge in [0.1, 0.15) is 5.54 Å². The van der Waals surface area contributed by atoms with Crippen LogP contribution < -0.4 is 5.32 Å². The van der Waals surface area contributed by atoms with Crippen LogP contribution in [0.25, 0.3) is 0 Å².